The third-order valence-electron chi connectivity index (χ3n) is 2.16. The number of hydrogen-bond acceptors (Lipinski definition) is 2. The van der Waals surface area contributed by atoms with Gasteiger partial charge >= 0.3 is 0 Å². The molecule has 2 rings (SSSR count). The van der Waals surface area contributed by atoms with E-state index in [-0.39, 0.29) is 0 Å². The van der Waals surface area contributed by atoms with E-state index >= 15 is 0 Å². The van der Waals surface area contributed by atoms with Crippen LogP contribution in [0.25, 0.3) is 5.69 Å². The minimum atomic E-state index is 0.475. The van der Waals surface area contributed by atoms with Gasteiger partial charge in [0.2, 0.25) is 0 Å². The standard InChI is InChI=1S/C10H12N2S2/c1-7(2)9-5-11-10(13)12(9)8-3-4-14-6-8/h3-7H,1-2H3,(H,11,13). The molecule has 0 aliphatic rings. The molecule has 0 radical (unpaired) electrons. The molecule has 0 fully saturated rings. The number of aromatic amines is 1. The van der Waals surface area contributed by atoms with E-state index in [1.165, 1.54) is 5.69 Å². The van der Waals surface area contributed by atoms with Crippen LogP contribution in [0, 0.1) is 4.77 Å². The van der Waals surface area contributed by atoms with Gasteiger partial charge in [-0.05, 0) is 29.6 Å². The van der Waals surface area contributed by atoms with Crippen molar-refractivity contribution in [1.29, 1.82) is 0 Å². The number of hydrogen-bond donors (Lipinski definition) is 1. The van der Waals surface area contributed by atoms with Gasteiger partial charge in [0.1, 0.15) is 0 Å². The highest BCUT2D eigenvalue weighted by Gasteiger charge is 2.09. The van der Waals surface area contributed by atoms with E-state index in [2.05, 4.69) is 40.2 Å². The smallest absolute Gasteiger partial charge is 0.182 e. The summed E-state index contributed by atoms with van der Waals surface area (Å²) in [4.78, 5) is 3.09. The summed E-state index contributed by atoms with van der Waals surface area (Å²) in [6.45, 7) is 4.33. The number of thiophene rings is 1. The molecule has 0 spiro atoms. The third kappa shape index (κ3) is 1.55. The molecule has 0 aliphatic heterocycles. The summed E-state index contributed by atoms with van der Waals surface area (Å²) in [6.07, 6.45) is 1.99. The van der Waals surface area contributed by atoms with Crippen LogP contribution >= 0.6 is 23.6 Å². The zero-order valence-corrected chi connectivity index (χ0v) is 9.78. The Labute approximate surface area is 92.2 Å². The molecular formula is C10H12N2S2. The maximum atomic E-state index is 5.25. The van der Waals surface area contributed by atoms with Crippen LogP contribution in [-0.2, 0) is 0 Å². The van der Waals surface area contributed by atoms with Crippen LogP contribution in [0.5, 0.6) is 0 Å². The minimum absolute atomic E-state index is 0.475. The minimum Gasteiger partial charge on any atom is -0.337 e. The van der Waals surface area contributed by atoms with Gasteiger partial charge in [-0.25, -0.2) is 0 Å². The van der Waals surface area contributed by atoms with Crippen molar-refractivity contribution >= 4 is 23.6 Å². The molecule has 0 saturated carbocycles. The highest BCUT2D eigenvalue weighted by molar-refractivity contribution is 7.71. The first-order valence-corrected chi connectivity index (χ1v) is 5.88. The highest BCUT2D eigenvalue weighted by Crippen LogP contribution is 2.21. The Morgan fingerprint density at radius 2 is 2.29 bits per heavy atom. The fraction of sp³-hybridized carbons (Fsp3) is 0.300. The first-order valence-electron chi connectivity index (χ1n) is 4.53. The lowest BCUT2D eigenvalue weighted by Gasteiger charge is -2.08. The van der Waals surface area contributed by atoms with Crippen LogP contribution in [0.1, 0.15) is 25.5 Å². The van der Waals surface area contributed by atoms with Crippen LogP contribution in [0.3, 0.4) is 0 Å². The van der Waals surface area contributed by atoms with E-state index < -0.39 is 0 Å². The van der Waals surface area contributed by atoms with Gasteiger partial charge in [0.05, 0.1) is 5.69 Å². The summed E-state index contributed by atoms with van der Waals surface area (Å²) in [6, 6.07) is 2.08. The average Bonchev–Trinajstić information content (AvgIpc) is 2.71. The van der Waals surface area contributed by atoms with Crippen LogP contribution in [0.4, 0.5) is 0 Å². The fourth-order valence-electron chi connectivity index (χ4n) is 1.46. The van der Waals surface area contributed by atoms with Crippen molar-refractivity contribution in [2.24, 2.45) is 0 Å². The molecular weight excluding hydrogens is 212 g/mol. The monoisotopic (exact) mass is 224 g/mol. The molecule has 74 valence electrons. The van der Waals surface area contributed by atoms with Gasteiger partial charge in [-0.1, -0.05) is 13.8 Å². The van der Waals surface area contributed by atoms with Crippen molar-refractivity contribution in [1.82, 2.24) is 9.55 Å². The van der Waals surface area contributed by atoms with Crippen LogP contribution in [-0.4, -0.2) is 9.55 Å². The summed E-state index contributed by atoms with van der Waals surface area (Å²) in [5.74, 6) is 0.475. The Kier molecular flexibility index (Phi) is 2.56. The van der Waals surface area contributed by atoms with E-state index in [1.807, 2.05) is 6.20 Å². The van der Waals surface area contributed by atoms with Crippen LogP contribution < -0.4 is 0 Å². The fourth-order valence-corrected chi connectivity index (χ4v) is 2.35. The molecule has 0 unspecified atom stereocenters. The molecule has 0 aromatic carbocycles. The summed E-state index contributed by atoms with van der Waals surface area (Å²) in [7, 11) is 0. The molecule has 4 heteroatoms. The summed E-state index contributed by atoms with van der Waals surface area (Å²) in [5, 5.41) is 4.17. The zero-order chi connectivity index (χ0) is 10.1. The Hall–Kier alpha value is -0.870. The predicted octanol–water partition coefficient (Wildman–Crippen LogP) is 3.72. The van der Waals surface area contributed by atoms with Gasteiger partial charge in [-0.15, -0.1) is 0 Å². The lowest BCUT2D eigenvalue weighted by Crippen LogP contribution is -2.00. The number of aromatic nitrogens is 2. The molecule has 2 heterocycles. The van der Waals surface area contributed by atoms with Gasteiger partial charge < -0.3 is 4.98 Å². The van der Waals surface area contributed by atoms with Gasteiger partial charge in [0, 0.05) is 17.3 Å². The number of imidazole rings is 1. The Morgan fingerprint density at radius 1 is 1.50 bits per heavy atom. The van der Waals surface area contributed by atoms with E-state index in [0.29, 0.717) is 5.92 Å². The van der Waals surface area contributed by atoms with Gasteiger partial charge in [-0.3, -0.25) is 4.57 Å². The van der Waals surface area contributed by atoms with Crippen molar-refractivity contribution in [2.45, 2.75) is 19.8 Å². The number of nitrogens with one attached hydrogen (secondary N) is 1. The Bertz CT molecular complexity index is 463. The first kappa shape index (κ1) is 9.68. The Balaban J connectivity index is 2.62. The SMILES string of the molecule is CC(C)c1c[nH]c(=S)n1-c1ccsc1. The molecule has 2 nitrogen and oxygen atoms in total. The maximum Gasteiger partial charge on any atom is 0.182 e. The van der Waals surface area contributed by atoms with E-state index in [0.717, 1.165) is 10.5 Å². The van der Waals surface area contributed by atoms with Gasteiger partial charge in [-0.2, -0.15) is 11.3 Å². The van der Waals surface area contributed by atoms with Crippen molar-refractivity contribution < 1.29 is 0 Å². The molecule has 0 aliphatic carbocycles. The lowest BCUT2D eigenvalue weighted by molar-refractivity contribution is 0.785. The maximum absolute atomic E-state index is 5.25. The third-order valence-corrected chi connectivity index (χ3v) is 3.13. The van der Waals surface area contributed by atoms with Gasteiger partial charge in [0.15, 0.2) is 4.77 Å². The number of H-pyrrole nitrogens is 1. The molecule has 0 amide bonds. The van der Waals surface area contributed by atoms with Crippen LogP contribution in [0.2, 0.25) is 0 Å². The Morgan fingerprint density at radius 3 is 2.86 bits per heavy atom. The summed E-state index contributed by atoms with van der Waals surface area (Å²) < 4.78 is 2.86. The summed E-state index contributed by atoms with van der Waals surface area (Å²) in [5.41, 5.74) is 2.39. The first-order chi connectivity index (χ1) is 6.70. The van der Waals surface area contributed by atoms with Crippen molar-refractivity contribution in [3.05, 3.63) is 33.5 Å². The second kappa shape index (κ2) is 3.71. The largest absolute Gasteiger partial charge is 0.337 e. The zero-order valence-electron chi connectivity index (χ0n) is 8.15. The molecule has 0 atom stereocenters. The van der Waals surface area contributed by atoms with E-state index in [1.54, 1.807) is 11.3 Å². The second-order valence-electron chi connectivity index (χ2n) is 3.49. The van der Waals surface area contributed by atoms with E-state index in [9.17, 15) is 0 Å². The number of rotatable bonds is 2. The predicted molar refractivity (Wildman–Crippen MR) is 62.9 cm³/mol. The normalized spacial score (nSPS) is 11.1. The molecule has 2 aromatic rings. The molecule has 14 heavy (non-hydrogen) atoms. The second-order valence-corrected chi connectivity index (χ2v) is 4.66. The highest BCUT2D eigenvalue weighted by atomic mass is 32.1. The molecule has 1 N–H and O–H groups in total. The quantitative estimate of drug-likeness (QED) is 0.771. The van der Waals surface area contributed by atoms with Crippen molar-refractivity contribution in [2.75, 3.05) is 0 Å². The molecule has 0 saturated heterocycles. The molecule has 2 aromatic heterocycles. The van der Waals surface area contributed by atoms with Gasteiger partial charge in [0.25, 0.3) is 0 Å². The van der Waals surface area contributed by atoms with Crippen molar-refractivity contribution in [3.8, 4) is 5.69 Å². The topological polar surface area (TPSA) is 20.7 Å². The average molecular weight is 224 g/mol. The van der Waals surface area contributed by atoms with Crippen molar-refractivity contribution in [3.63, 3.8) is 0 Å². The van der Waals surface area contributed by atoms with E-state index in [4.69, 9.17) is 12.2 Å². The summed E-state index contributed by atoms with van der Waals surface area (Å²) >= 11 is 6.94. The molecule has 0 bridgehead atoms. The lowest BCUT2D eigenvalue weighted by atomic mass is 10.1. The van der Waals surface area contributed by atoms with Crippen LogP contribution in [0.15, 0.2) is 23.0 Å². The number of nitrogens with zero attached hydrogens (tertiary/aromatic N) is 1.